The zero-order valence-corrected chi connectivity index (χ0v) is 14.8. The number of hydrogen-bond acceptors (Lipinski definition) is 3. The van der Waals surface area contributed by atoms with Gasteiger partial charge < -0.3 is 15.1 Å². The van der Waals surface area contributed by atoms with Gasteiger partial charge in [-0.3, -0.25) is 4.79 Å². The maximum absolute atomic E-state index is 12.6. The molecule has 1 heterocycles. The van der Waals surface area contributed by atoms with Crippen LogP contribution in [-0.2, 0) is 13.0 Å². The molecular weight excluding hydrogens is 328 g/mol. The molecule has 26 heavy (non-hydrogen) atoms. The van der Waals surface area contributed by atoms with E-state index in [-0.39, 0.29) is 11.9 Å². The monoisotopic (exact) mass is 348 g/mol. The van der Waals surface area contributed by atoms with Gasteiger partial charge in [-0.1, -0.05) is 12.1 Å². The first-order valence-electron chi connectivity index (χ1n) is 8.37. The van der Waals surface area contributed by atoms with Gasteiger partial charge in [0.2, 0.25) is 0 Å². The van der Waals surface area contributed by atoms with Gasteiger partial charge in [0.15, 0.2) is 0 Å². The third kappa shape index (κ3) is 3.67. The lowest BCUT2D eigenvalue weighted by molar-refractivity contribution is 0.0827. The van der Waals surface area contributed by atoms with Crippen molar-refractivity contribution < 1.29 is 9.59 Å². The molecule has 0 atom stereocenters. The summed E-state index contributed by atoms with van der Waals surface area (Å²) in [6, 6.07) is 14.4. The first-order chi connectivity index (χ1) is 12.5. The largest absolute Gasteiger partial charge is 0.345 e. The molecular formula is C20H20N4O2. The molecule has 0 saturated carbocycles. The van der Waals surface area contributed by atoms with Gasteiger partial charge in [-0.05, 0) is 47.9 Å². The summed E-state index contributed by atoms with van der Waals surface area (Å²) in [4.78, 5) is 27.9. The van der Waals surface area contributed by atoms with E-state index >= 15 is 0 Å². The number of fused-ring (bicyclic) bond motifs is 1. The van der Waals surface area contributed by atoms with Gasteiger partial charge in [-0.15, -0.1) is 0 Å². The second-order valence-electron chi connectivity index (χ2n) is 6.48. The minimum Gasteiger partial charge on any atom is -0.345 e. The smallest absolute Gasteiger partial charge is 0.322 e. The van der Waals surface area contributed by atoms with Gasteiger partial charge in [-0.25, -0.2) is 4.79 Å². The molecule has 0 radical (unpaired) electrons. The number of amides is 3. The van der Waals surface area contributed by atoms with Crippen LogP contribution >= 0.6 is 0 Å². The molecule has 0 unspecified atom stereocenters. The summed E-state index contributed by atoms with van der Waals surface area (Å²) in [5.41, 5.74) is 3.94. The summed E-state index contributed by atoms with van der Waals surface area (Å²) in [6.07, 6.45) is 0.720. The molecule has 3 amide bonds. The third-order valence-electron chi connectivity index (χ3n) is 4.40. The van der Waals surface area contributed by atoms with Crippen LogP contribution in [0.3, 0.4) is 0 Å². The Labute approximate surface area is 152 Å². The zero-order valence-electron chi connectivity index (χ0n) is 14.8. The lowest BCUT2D eigenvalue weighted by Gasteiger charge is -2.29. The lowest BCUT2D eigenvalue weighted by atomic mass is 9.98. The Kier molecular flexibility index (Phi) is 4.90. The fourth-order valence-corrected chi connectivity index (χ4v) is 2.99. The van der Waals surface area contributed by atoms with Crippen molar-refractivity contribution in [3.05, 3.63) is 64.7 Å². The van der Waals surface area contributed by atoms with Crippen molar-refractivity contribution in [3.63, 3.8) is 0 Å². The molecule has 6 nitrogen and oxygen atoms in total. The lowest BCUT2D eigenvalue weighted by Crippen LogP contribution is -2.38. The Morgan fingerprint density at radius 2 is 1.96 bits per heavy atom. The first-order valence-corrected chi connectivity index (χ1v) is 8.37. The van der Waals surface area contributed by atoms with Crippen LogP contribution in [0.15, 0.2) is 42.5 Å². The van der Waals surface area contributed by atoms with Crippen LogP contribution in [0, 0.1) is 11.3 Å². The van der Waals surface area contributed by atoms with Crippen molar-refractivity contribution in [3.8, 4) is 6.07 Å². The number of carbonyl (C=O) groups excluding carboxylic acids is 2. The first kappa shape index (κ1) is 17.5. The highest BCUT2D eigenvalue weighted by Crippen LogP contribution is 2.21. The molecule has 132 valence electrons. The van der Waals surface area contributed by atoms with Gasteiger partial charge in [0.1, 0.15) is 0 Å². The van der Waals surface area contributed by atoms with Gasteiger partial charge in [0.05, 0.1) is 11.6 Å². The van der Waals surface area contributed by atoms with Crippen LogP contribution in [0.2, 0.25) is 0 Å². The molecule has 0 saturated heterocycles. The second-order valence-corrected chi connectivity index (χ2v) is 6.48. The number of benzene rings is 2. The molecule has 0 fully saturated rings. The van der Waals surface area contributed by atoms with Crippen LogP contribution in [0.1, 0.15) is 27.0 Å². The predicted octanol–water partition coefficient (Wildman–Crippen LogP) is 2.85. The third-order valence-corrected chi connectivity index (χ3v) is 4.40. The minimum atomic E-state index is -0.200. The quantitative estimate of drug-likeness (QED) is 0.907. The normalized spacial score (nSPS) is 12.7. The van der Waals surface area contributed by atoms with Crippen LogP contribution in [0.5, 0.6) is 0 Å². The summed E-state index contributed by atoms with van der Waals surface area (Å²) in [5, 5.41) is 11.9. The molecule has 1 N–H and O–H groups in total. The van der Waals surface area contributed by atoms with E-state index in [4.69, 9.17) is 5.26 Å². The zero-order chi connectivity index (χ0) is 18.7. The number of nitrogens with one attached hydrogen (secondary N) is 1. The molecule has 1 aliphatic rings. The Morgan fingerprint density at radius 1 is 1.15 bits per heavy atom. The number of carbonyl (C=O) groups is 2. The van der Waals surface area contributed by atoms with Crippen molar-refractivity contribution in [2.75, 3.05) is 26.0 Å². The van der Waals surface area contributed by atoms with Crippen LogP contribution in [0.4, 0.5) is 10.5 Å². The molecule has 3 rings (SSSR count). The van der Waals surface area contributed by atoms with Gasteiger partial charge >= 0.3 is 6.03 Å². The summed E-state index contributed by atoms with van der Waals surface area (Å²) in [5.74, 6) is -0.110. The molecule has 1 aliphatic heterocycles. The highest BCUT2D eigenvalue weighted by molar-refractivity contribution is 5.96. The van der Waals surface area contributed by atoms with Gasteiger partial charge in [-0.2, -0.15) is 5.26 Å². The maximum atomic E-state index is 12.6. The van der Waals surface area contributed by atoms with E-state index in [9.17, 15) is 9.59 Å². The number of nitrogens with zero attached hydrogens (tertiary/aromatic N) is 3. The Hall–Kier alpha value is -3.33. The minimum absolute atomic E-state index is 0.110. The maximum Gasteiger partial charge on any atom is 0.322 e. The number of anilines is 1. The molecule has 2 aromatic rings. The molecule has 0 bridgehead atoms. The highest BCUT2D eigenvalue weighted by atomic mass is 16.2. The van der Waals surface area contributed by atoms with E-state index in [1.807, 2.05) is 12.1 Å². The fourth-order valence-electron chi connectivity index (χ4n) is 2.99. The average Bonchev–Trinajstić information content (AvgIpc) is 2.66. The van der Waals surface area contributed by atoms with Crippen molar-refractivity contribution in [1.29, 1.82) is 5.26 Å². The molecule has 0 aliphatic carbocycles. The molecule has 0 spiro atoms. The predicted molar refractivity (Wildman–Crippen MR) is 98.7 cm³/mol. The van der Waals surface area contributed by atoms with E-state index in [1.54, 1.807) is 49.3 Å². The second kappa shape index (κ2) is 7.28. The van der Waals surface area contributed by atoms with E-state index in [1.165, 1.54) is 4.90 Å². The van der Waals surface area contributed by atoms with Crippen molar-refractivity contribution in [2.24, 2.45) is 0 Å². The van der Waals surface area contributed by atoms with Gasteiger partial charge in [0, 0.05) is 38.4 Å². The Bertz CT molecular complexity index is 899. The summed E-state index contributed by atoms with van der Waals surface area (Å²) >= 11 is 0. The summed E-state index contributed by atoms with van der Waals surface area (Å²) < 4.78 is 0. The van der Waals surface area contributed by atoms with Crippen LogP contribution in [-0.4, -0.2) is 42.4 Å². The van der Waals surface area contributed by atoms with E-state index in [0.717, 1.165) is 17.5 Å². The van der Waals surface area contributed by atoms with Crippen LogP contribution in [0.25, 0.3) is 0 Å². The van der Waals surface area contributed by atoms with Gasteiger partial charge in [0.25, 0.3) is 5.91 Å². The standard InChI is InChI=1S/C20H20N4O2/c1-23(2)19(25)16-4-3-5-18(11-16)22-20(26)24-9-8-15-10-14(12-21)6-7-17(15)13-24/h3-7,10-11H,8-9,13H2,1-2H3,(H,22,26). The summed E-state index contributed by atoms with van der Waals surface area (Å²) in [6.45, 7) is 1.09. The number of urea groups is 1. The fraction of sp³-hybridized carbons (Fsp3) is 0.250. The van der Waals surface area contributed by atoms with Crippen LogP contribution < -0.4 is 5.32 Å². The number of hydrogen-bond donors (Lipinski definition) is 1. The Balaban J connectivity index is 1.70. The molecule has 2 aromatic carbocycles. The molecule has 6 heteroatoms. The van der Waals surface area contributed by atoms with E-state index in [2.05, 4.69) is 11.4 Å². The Morgan fingerprint density at radius 3 is 2.69 bits per heavy atom. The van der Waals surface area contributed by atoms with E-state index in [0.29, 0.717) is 29.9 Å². The highest BCUT2D eigenvalue weighted by Gasteiger charge is 2.21. The average molecular weight is 348 g/mol. The SMILES string of the molecule is CN(C)C(=O)c1cccc(NC(=O)N2CCc3cc(C#N)ccc3C2)c1. The van der Waals surface area contributed by atoms with Crippen molar-refractivity contribution in [1.82, 2.24) is 9.80 Å². The number of nitriles is 1. The van der Waals surface area contributed by atoms with Crippen molar-refractivity contribution in [2.45, 2.75) is 13.0 Å². The molecule has 0 aromatic heterocycles. The topological polar surface area (TPSA) is 76.4 Å². The summed E-state index contributed by atoms with van der Waals surface area (Å²) in [7, 11) is 3.38. The van der Waals surface area contributed by atoms with Crippen molar-refractivity contribution >= 4 is 17.6 Å². The number of rotatable bonds is 2. The van der Waals surface area contributed by atoms with E-state index < -0.39 is 0 Å².